The molecular weight excluding hydrogens is 909 g/mol. The number of hydrogen-bond donors (Lipinski definition) is 0. The number of nitrogens with zero attached hydrogens (tertiary/aromatic N) is 2. The first-order valence-corrected chi connectivity index (χ1v) is 20.1. The summed E-state index contributed by atoms with van der Waals surface area (Å²) in [6.07, 6.45) is 7.21. The molecule has 0 unspecified atom stereocenters. The van der Waals surface area contributed by atoms with E-state index in [9.17, 15) is 0 Å². The molecule has 0 N–H and O–H groups in total. The van der Waals surface area contributed by atoms with Crippen LogP contribution >= 0.6 is 0 Å². The number of aromatic nitrogens is 2. The maximum atomic E-state index is 9.12. The monoisotopic (exact) mass is 964 g/mol. The van der Waals surface area contributed by atoms with E-state index in [1.165, 1.54) is 23.9 Å². The first-order chi connectivity index (χ1) is 31.5. The Balaban J connectivity index is 0.000000196. The van der Waals surface area contributed by atoms with Crippen LogP contribution < -0.4 is 0 Å². The number of pyridine rings is 2. The summed E-state index contributed by atoms with van der Waals surface area (Å²) in [6.45, 7) is 0.165. The zero-order chi connectivity index (χ0) is 46.3. The van der Waals surface area contributed by atoms with Crippen molar-refractivity contribution in [2.75, 3.05) is 0 Å². The van der Waals surface area contributed by atoms with Crippen LogP contribution in [-0.4, -0.2) is 9.97 Å². The van der Waals surface area contributed by atoms with Crippen molar-refractivity contribution in [1.82, 2.24) is 9.97 Å². The molecule has 0 saturated heterocycles. The maximum absolute atomic E-state index is 9.12. The zero-order valence-electron chi connectivity index (χ0n) is 40.6. The van der Waals surface area contributed by atoms with Gasteiger partial charge in [-0.05, 0) is 106 Å². The van der Waals surface area contributed by atoms with Crippen molar-refractivity contribution in [3.63, 3.8) is 0 Å². The predicted octanol–water partition coefficient (Wildman–Crippen LogP) is 15.3. The van der Waals surface area contributed by atoms with Crippen LogP contribution in [0.5, 0.6) is 0 Å². The van der Waals surface area contributed by atoms with Gasteiger partial charge >= 0.3 is 0 Å². The SMILES string of the molecule is [2H]C([2H])([2H])c1ccc(-c2[c-]cc(C([2H])([2H])[2H])c(-c3ccccc3)c2)nc1.[2H]C1(c2ccc(-c3ccnc(-c4[c-]ccc5c4oc4cc(-c6ccccc6)ccc45)c3)cc2)CCC(C)(C)CC1.[Ir]. The molecule has 6 aromatic carbocycles. The third-order valence-corrected chi connectivity index (χ3v) is 11.5. The van der Waals surface area contributed by atoms with Crippen molar-refractivity contribution in [2.24, 2.45) is 5.41 Å². The van der Waals surface area contributed by atoms with Crippen LogP contribution in [0, 0.1) is 31.3 Å². The van der Waals surface area contributed by atoms with Crippen LogP contribution in [0.4, 0.5) is 0 Å². The van der Waals surface area contributed by atoms with Crippen molar-refractivity contribution in [3.8, 4) is 55.9 Å². The molecular formula is C56H48IrN2O-2. The van der Waals surface area contributed by atoms with Crippen molar-refractivity contribution < 1.29 is 34.1 Å². The second kappa shape index (κ2) is 17.7. The standard InChI is InChI=1S/C37H32NO.C19H16N.Ir/c1-37(2)20-17-28(18-21-37)26-11-13-27(14-12-26)30-19-22-38-34(23-30)33-10-6-9-32-31-16-15-29(24-35(31)39-36(32)33)25-7-4-3-5-8-25;1-14-8-11-19(20-13-14)17-10-9-15(2)18(12-17)16-6-4-3-5-7-16;/h3-9,11-16,19,22-24,28H,17-18,20-21H2,1-2H3;3-9,11-13H,1-2H3;/q2*-1;/i28D;1D3,2D3;. The number of aryl methyl sites for hydroxylation is 2. The van der Waals surface area contributed by atoms with Gasteiger partial charge in [-0.3, -0.25) is 0 Å². The summed E-state index contributed by atoms with van der Waals surface area (Å²) < 4.78 is 61.1. The van der Waals surface area contributed by atoms with E-state index in [2.05, 4.69) is 110 Å². The summed E-state index contributed by atoms with van der Waals surface area (Å²) in [5.41, 5.74) is 12.2. The zero-order valence-corrected chi connectivity index (χ0v) is 35.9. The third-order valence-electron chi connectivity index (χ3n) is 11.5. The van der Waals surface area contributed by atoms with Gasteiger partial charge in [0, 0.05) is 47.5 Å². The number of rotatable bonds is 6. The second-order valence-electron chi connectivity index (χ2n) is 16.0. The molecule has 0 spiro atoms. The van der Waals surface area contributed by atoms with E-state index in [1.807, 2.05) is 54.7 Å². The first-order valence-electron chi connectivity index (χ1n) is 23.6. The summed E-state index contributed by atoms with van der Waals surface area (Å²) in [4.78, 5) is 8.93. The third kappa shape index (κ3) is 8.82. The molecule has 3 nitrogen and oxygen atoms in total. The van der Waals surface area contributed by atoms with Gasteiger partial charge in [0.2, 0.25) is 0 Å². The minimum Gasteiger partial charge on any atom is -0.501 e. The number of furan rings is 1. The summed E-state index contributed by atoms with van der Waals surface area (Å²) >= 11 is 0. The molecule has 299 valence electrons. The normalized spacial score (nSPS) is 16.3. The molecule has 0 amide bonds. The summed E-state index contributed by atoms with van der Waals surface area (Å²) in [5, 5.41) is 2.16. The van der Waals surface area contributed by atoms with E-state index in [0.717, 1.165) is 86.7 Å². The Bertz CT molecular complexity index is 3140. The summed E-state index contributed by atoms with van der Waals surface area (Å²) in [5.74, 6) is -0.482. The van der Waals surface area contributed by atoms with Gasteiger partial charge in [-0.1, -0.05) is 152 Å². The Kier molecular flexibility index (Phi) is 9.71. The largest absolute Gasteiger partial charge is 0.501 e. The van der Waals surface area contributed by atoms with Crippen molar-refractivity contribution in [2.45, 2.75) is 59.1 Å². The Morgan fingerprint density at radius 3 is 2.10 bits per heavy atom. The quantitative estimate of drug-likeness (QED) is 0.156. The summed E-state index contributed by atoms with van der Waals surface area (Å²) in [7, 11) is 0. The van der Waals surface area contributed by atoms with Gasteiger partial charge < -0.3 is 14.4 Å². The minimum absolute atomic E-state index is 0. The molecule has 0 bridgehead atoms. The fourth-order valence-corrected chi connectivity index (χ4v) is 7.95. The molecule has 4 heteroatoms. The van der Waals surface area contributed by atoms with Crippen LogP contribution in [0.2, 0.25) is 0 Å². The van der Waals surface area contributed by atoms with E-state index >= 15 is 0 Å². The molecule has 0 aliphatic heterocycles. The Hall–Kier alpha value is -5.93. The molecule has 1 fully saturated rings. The molecule has 1 radical (unpaired) electrons. The van der Waals surface area contributed by atoms with E-state index in [0.29, 0.717) is 22.2 Å². The molecule has 9 aromatic rings. The number of fused-ring (bicyclic) bond motifs is 3. The van der Waals surface area contributed by atoms with Gasteiger partial charge in [-0.15, -0.1) is 47.5 Å². The van der Waals surface area contributed by atoms with Gasteiger partial charge in [0.05, 0.1) is 5.58 Å². The van der Waals surface area contributed by atoms with E-state index in [4.69, 9.17) is 19.0 Å². The van der Waals surface area contributed by atoms with Gasteiger partial charge in [0.25, 0.3) is 0 Å². The first kappa shape index (κ1) is 32.9. The van der Waals surface area contributed by atoms with Gasteiger partial charge in [0.15, 0.2) is 0 Å². The smallest absolute Gasteiger partial charge is 0.121 e. The molecule has 10 rings (SSSR count). The molecule has 0 atom stereocenters. The van der Waals surface area contributed by atoms with Gasteiger partial charge in [-0.2, -0.15) is 0 Å². The van der Waals surface area contributed by atoms with Crippen molar-refractivity contribution in [3.05, 3.63) is 193 Å². The van der Waals surface area contributed by atoms with Crippen LogP contribution in [0.15, 0.2) is 168 Å². The summed E-state index contributed by atoms with van der Waals surface area (Å²) in [6, 6.07) is 55.5. The maximum Gasteiger partial charge on any atom is 0.121 e. The molecule has 1 aliphatic carbocycles. The number of benzene rings is 6. The van der Waals surface area contributed by atoms with Crippen molar-refractivity contribution in [1.29, 1.82) is 0 Å². The van der Waals surface area contributed by atoms with E-state index in [1.54, 1.807) is 12.1 Å². The van der Waals surface area contributed by atoms with E-state index in [-0.39, 0.29) is 31.2 Å². The van der Waals surface area contributed by atoms with Crippen molar-refractivity contribution >= 4 is 21.9 Å². The topological polar surface area (TPSA) is 38.9 Å². The Labute approximate surface area is 377 Å². The molecule has 1 saturated carbocycles. The Morgan fingerprint density at radius 2 is 1.38 bits per heavy atom. The molecule has 3 aromatic heterocycles. The minimum atomic E-state index is -2.27. The van der Waals surface area contributed by atoms with Crippen LogP contribution in [0.1, 0.15) is 71.7 Å². The average Bonchev–Trinajstić information content (AvgIpc) is 3.71. The molecule has 1 aliphatic rings. The van der Waals surface area contributed by atoms with Crippen LogP contribution in [0.25, 0.3) is 77.8 Å². The van der Waals surface area contributed by atoms with Gasteiger partial charge in [0.1, 0.15) is 5.58 Å². The van der Waals surface area contributed by atoms with E-state index < -0.39 is 19.6 Å². The molecule has 60 heavy (non-hydrogen) atoms. The predicted molar refractivity (Wildman–Crippen MR) is 245 cm³/mol. The second-order valence-corrected chi connectivity index (χ2v) is 16.0. The average molecular weight is 964 g/mol. The van der Waals surface area contributed by atoms with Crippen LogP contribution in [-0.2, 0) is 20.1 Å². The number of hydrogen-bond acceptors (Lipinski definition) is 3. The van der Waals surface area contributed by atoms with Crippen LogP contribution in [0.3, 0.4) is 0 Å². The van der Waals surface area contributed by atoms with Gasteiger partial charge in [-0.25, -0.2) is 0 Å². The Morgan fingerprint density at radius 1 is 0.667 bits per heavy atom. The fourth-order valence-electron chi connectivity index (χ4n) is 7.95. The molecule has 3 heterocycles. The fraction of sp³-hybridized carbons (Fsp3) is 0.179.